The van der Waals surface area contributed by atoms with Gasteiger partial charge >= 0.3 is 5.97 Å². The molecule has 0 spiro atoms. The Kier molecular flexibility index (Phi) is 3.41. The Labute approximate surface area is 109 Å². The number of amides is 1. The number of hydrogen-bond donors (Lipinski definition) is 1. The van der Waals surface area contributed by atoms with E-state index < -0.39 is 17.9 Å². The minimum absolute atomic E-state index is 0.134. The first-order valence-corrected chi connectivity index (χ1v) is 5.72. The normalized spacial score (nSPS) is 12.1. The van der Waals surface area contributed by atoms with Crippen LogP contribution in [0.1, 0.15) is 17.4 Å². The van der Waals surface area contributed by atoms with Crippen molar-refractivity contribution in [1.29, 1.82) is 0 Å². The van der Waals surface area contributed by atoms with Gasteiger partial charge in [0.05, 0.1) is 17.2 Å². The summed E-state index contributed by atoms with van der Waals surface area (Å²) < 4.78 is 0. The van der Waals surface area contributed by atoms with Crippen molar-refractivity contribution in [2.24, 2.45) is 0 Å². The molecule has 0 aliphatic heterocycles. The Hall–Kier alpha value is -2.50. The Morgan fingerprint density at radius 3 is 2.53 bits per heavy atom. The number of carboxylic acids is 1. The molecule has 2 rings (SSSR count). The number of carboxylic acid groups (broad SMARTS) is 1. The van der Waals surface area contributed by atoms with Crippen molar-refractivity contribution in [3.05, 3.63) is 36.2 Å². The molecule has 1 N–H and O–H groups in total. The Morgan fingerprint density at radius 2 is 1.89 bits per heavy atom. The summed E-state index contributed by atoms with van der Waals surface area (Å²) in [5, 5.41) is 8.89. The van der Waals surface area contributed by atoms with Crippen molar-refractivity contribution in [1.82, 2.24) is 14.9 Å². The van der Waals surface area contributed by atoms with E-state index in [4.69, 9.17) is 5.11 Å². The molecule has 6 heteroatoms. The zero-order chi connectivity index (χ0) is 14.0. The summed E-state index contributed by atoms with van der Waals surface area (Å²) >= 11 is 0. The van der Waals surface area contributed by atoms with E-state index in [-0.39, 0.29) is 5.69 Å². The molecule has 0 aliphatic rings. The van der Waals surface area contributed by atoms with Gasteiger partial charge in [0.25, 0.3) is 5.91 Å². The second-order valence-corrected chi connectivity index (χ2v) is 4.17. The number of aliphatic carboxylic acids is 1. The number of fused-ring (bicyclic) bond motifs is 1. The highest BCUT2D eigenvalue weighted by molar-refractivity contribution is 5.95. The van der Waals surface area contributed by atoms with Crippen LogP contribution in [0.3, 0.4) is 0 Å². The lowest BCUT2D eigenvalue weighted by Gasteiger charge is -2.20. The molecule has 1 heterocycles. The van der Waals surface area contributed by atoms with Crippen LogP contribution in [-0.4, -0.2) is 44.9 Å². The number of hydrogen-bond acceptors (Lipinski definition) is 4. The molecule has 1 aromatic heterocycles. The van der Waals surface area contributed by atoms with Crippen LogP contribution >= 0.6 is 0 Å². The number of para-hydroxylation sites is 2. The predicted molar refractivity (Wildman–Crippen MR) is 68.7 cm³/mol. The number of carbonyl (C=O) groups is 2. The molecule has 6 nitrogen and oxygen atoms in total. The summed E-state index contributed by atoms with van der Waals surface area (Å²) in [6.07, 6.45) is 1.36. The zero-order valence-electron chi connectivity index (χ0n) is 10.6. The number of nitrogens with zero attached hydrogens (tertiary/aromatic N) is 3. The van der Waals surface area contributed by atoms with Gasteiger partial charge in [0.1, 0.15) is 11.7 Å². The number of benzene rings is 1. The summed E-state index contributed by atoms with van der Waals surface area (Å²) in [4.78, 5) is 32.4. The molecule has 19 heavy (non-hydrogen) atoms. The highest BCUT2D eigenvalue weighted by atomic mass is 16.4. The topological polar surface area (TPSA) is 83.4 Å². The molecule has 1 atom stereocenters. The number of aromatic nitrogens is 2. The number of carbonyl (C=O) groups excluding carboxylic acids is 1. The predicted octanol–water partition coefficient (Wildman–Crippen LogP) is 1.17. The van der Waals surface area contributed by atoms with Gasteiger partial charge in [-0.25, -0.2) is 9.78 Å². The van der Waals surface area contributed by atoms with Gasteiger partial charge in [0.2, 0.25) is 0 Å². The van der Waals surface area contributed by atoms with Crippen molar-refractivity contribution >= 4 is 22.9 Å². The molecule has 1 aromatic carbocycles. The minimum Gasteiger partial charge on any atom is -0.480 e. The largest absolute Gasteiger partial charge is 0.480 e. The molecule has 2 aromatic rings. The molecular formula is C13H13N3O3. The Balaban J connectivity index is 2.33. The summed E-state index contributed by atoms with van der Waals surface area (Å²) in [5.74, 6) is -1.53. The zero-order valence-corrected chi connectivity index (χ0v) is 10.6. The Morgan fingerprint density at radius 1 is 1.26 bits per heavy atom. The van der Waals surface area contributed by atoms with Crippen LogP contribution in [0.15, 0.2) is 30.5 Å². The van der Waals surface area contributed by atoms with Gasteiger partial charge < -0.3 is 10.0 Å². The average molecular weight is 259 g/mol. The maximum atomic E-state index is 12.1. The fraction of sp³-hybridized carbons (Fsp3) is 0.231. The van der Waals surface area contributed by atoms with E-state index in [1.54, 1.807) is 18.2 Å². The van der Waals surface area contributed by atoms with E-state index >= 15 is 0 Å². The van der Waals surface area contributed by atoms with Gasteiger partial charge in [-0.15, -0.1) is 0 Å². The molecular weight excluding hydrogens is 246 g/mol. The smallest absolute Gasteiger partial charge is 0.326 e. The molecule has 0 saturated carbocycles. The molecule has 0 saturated heterocycles. The summed E-state index contributed by atoms with van der Waals surface area (Å²) in [7, 11) is 1.43. The fourth-order valence-corrected chi connectivity index (χ4v) is 1.58. The van der Waals surface area contributed by atoms with Crippen LogP contribution < -0.4 is 0 Å². The highest BCUT2D eigenvalue weighted by Crippen LogP contribution is 2.10. The van der Waals surface area contributed by atoms with Gasteiger partial charge in [0.15, 0.2) is 0 Å². The first-order chi connectivity index (χ1) is 9.00. The highest BCUT2D eigenvalue weighted by Gasteiger charge is 2.23. The lowest BCUT2D eigenvalue weighted by Crippen LogP contribution is -2.40. The second-order valence-electron chi connectivity index (χ2n) is 4.17. The van der Waals surface area contributed by atoms with Crippen molar-refractivity contribution in [3.8, 4) is 0 Å². The van der Waals surface area contributed by atoms with E-state index in [1.807, 2.05) is 6.07 Å². The van der Waals surface area contributed by atoms with Crippen LogP contribution in [0.4, 0.5) is 0 Å². The summed E-state index contributed by atoms with van der Waals surface area (Å²) in [6, 6.07) is 6.26. The van der Waals surface area contributed by atoms with E-state index in [0.29, 0.717) is 11.0 Å². The fourth-order valence-electron chi connectivity index (χ4n) is 1.58. The minimum atomic E-state index is -1.07. The van der Waals surface area contributed by atoms with Gasteiger partial charge in [-0.2, -0.15) is 0 Å². The average Bonchev–Trinajstić information content (AvgIpc) is 2.44. The van der Waals surface area contributed by atoms with Gasteiger partial charge in [-0.05, 0) is 19.1 Å². The molecule has 98 valence electrons. The first-order valence-electron chi connectivity index (χ1n) is 5.72. The van der Waals surface area contributed by atoms with Crippen molar-refractivity contribution in [2.75, 3.05) is 7.05 Å². The van der Waals surface area contributed by atoms with Crippen molar-refractivity contribution in [2.45, 2.75) is 13.0 Å². The Bertz CT molecular complexity index is 642. The SMILES string of the molecule is C[C@H](C(=O)O)N(C)C(=O)c1cnc2ccccc2n1. The van der Waals surface area contributed by atoms with Crippen LogP contribution in [0, 0.1) is 0 Å². The van der Waals surface area contributed by atoms with E-state index in [2.05, 4.69) is 9.97 Å². The number of likely N-dealkylation sites (N-methyl/N-ethyl adjacent to an activating group) is 1. The molecule has 0 unspecified atom stereocenters. The van der Waals surface area contributed by atoms with E-state index in [0.717, 1.165) is 4.90 Å². The van der Waals surface area contributed by atoms with Gasteiger partial charge in [0, 0.05) is 7.05 Å². The number of rotatable bonds is 3. The monoisotopic (exact) mass is 259 g/mol. The lowest BCUT2D eigenvalue weighted by atomic mass is 10.2. The quantitative estimate of drug-likeness (QED) is 0.894. The van der Waals surface area contributed by atoms with Gasteiger partial charge in [-0.3, -0.25) is 9.78 Å². The van der Waals surface area contributed by atoms with Crippen LogP contribution in [0.2, 0.25) is 0 Å². The molecule has 0 fully saturated rings. The maximum absolute atomic E-state index is 12.1. The third-order valence-corrected chi connectivity index (χ3v) is 2.93. The summed E-state index contributed by atoms with van der Waals surface area (Å²) in [5.41, 5.74) is 1.42. The van der Waals surface area contributed by atoms with Crippen molar-refractivity contribution < 1.29 is 14.7 Å². The molecule has 0 bridgehead atoms. The third-order valence-electron chi connectivity index (χ3n) is 2.93. The van der Waals surface area contributed by atoms with E-state index in [1.165, 1.54) is 20.2 Å². The maximum Gasteiger partial charge on any atom is 0.326 e. The molecule has 1 amide bonds. The summed E-state index contributed by atoms with van der Waals surface area (Å²) in [6.45, 7) is 1.44. The third kappa shape index (κ3) is 2.52. The lowest BCUT2D eigenvalue weighted by molar-refractivity contribution is -0.141. The standard InChI is InChI=1S/C13H13N3O3/c1-8(13(18)19)16(2)12(17)11-7-14-9-5-3-4-6-10(9)15-11/h3-8H,1-2H3,(H,18,19)/t8-/m1/s1. The molecule has 0 aliphatic carbocycles. The second kappa shape index (κ2) is 5.01. The first kappa shape index (κ1) is 12.9. The van der Waals surface area contributed by atoms with Gasteiger partial charge in [-0.1, -0.05) is 12.1 Å². The molecule has 0 radical (unpaired) electrons. The van der Waals surface area contributed by atoms with E-state index in [9.17, 15) is 9.59 Å². The van der Waals surface area contributed by atoms with Crippen LogP contribution in [-0.2, 0) is 4.79 Å². The van der Waals surface area contributed by atoms with Crippen LogP contribution in [0.25, 0.3) is 11.0 Å². The van der Waals surface area contributed by atoms with Crippen molar-refractivity contribution in [3.63, 3.8) is 0 Å². The van der Waals surface area contributed by atoms with Crippen LogP contribution in [0.5, 0.6) is 0 Å².